The predicted molar refractivity (Wildman–Crippen MR) is 128 cm³/mol. The highest BCUT2D eigenvalue weighted by Gasteiger charge is 2.43. The molecule has 1 unspecified atom stereocenters. The van der Waals surface area contributed by atoms with Gasteiger partial charge < -0.3 is 4.42 Å². The molecule has 3 aromatic carbocycles. The Morgan fingerprint density at radius 3 is 2.48 bits per heavy atom. The van der Waals surface area contributed by atoms with Crippen molar-refractivity contribution in [1.82, 2.24) is 0 Å². The van der Waals surface area contributed by atoms with Crippen molar-refractivity contribution in [3.05, 3.63) is 104 Å². The van der Waals surface area contributed by atoms with Crippen LogP contribution in [0.15, 0.2) is 85.3 Å². The van der Waals surface area contributed by atoms with Gasteiger partial charge in [0.1, 0.15) is 5.58 Å². The predicted octanol–water partition coefficient (Wildman–Crippen LogP) is 6.34. The van der Waals surface area contributed by atoms with E-state index in [9.17, 15) is 9.59 Å². The van der Waals surface area contributed by atoms with E-state index in [1.165, 1.54) is 0 Å². The SMILES string of the molecule is CSc1ccc(C2c3c(oc4ccc(C)cc4c3=O)C(=O)N2c2cccc(Br)c2)cc1. The van der Waals surface area contributed by atoms with Gasteiger partial charge in [-0.2, -0.15) is 0 Å². The smallest absolute Gasteiger partial charge is 0.295 e. The standard InChI is InChI=1S/C25H18BrNO3S/c1-14-6-11-20-19(12-14)23(28)21-22(15-7-9-18(31-2)10-8-15)27(25(29)24(21)30-20)17-5-3-4-16(26)13-17/h3-13,22H,1-2H3. The molecule has 6 heteroatoms. The number of thioether (sulfide) groups is 1. The Bertz CT molecular complexity index is 1390. The number of amides is 1. The summed E-state index contributed by atoms with van der Waals surface area (Å²) in [6, 6.07) is 20.4. The average Bonchev–Trinajstić information content (AvgIpc) is 3.07. The molecule has 31 heavy (non-hydrogen) atoms. The molecule has 1 aromatic heterocycles. The van der Waals surface area contributed by atoms with E-state index in [0.29, 0.717) is 22.2 Å². The molecule has 154 valence electrons. The minimum absolute atomic E-state index is 0.111. The Morgan fingerprint density at radius 2 is 1.77 bits per heavy atom. The number of anilines is 1. The number of hydrogen-bond donors (Lipinski definition) is 0. The van der Waals surface area contributed by atoms with Crippen LogP contribution in [0.5, 0.6) is 0 Å². The number of aryl methyl sites for hydroxylation is 1. The summed E-state index contributed by atoms with van der Waals surface area (Å²) in [7, 11) is 0. The second-order valence-electron chi connectivity index (χ2n) is 7.50. The molecule has 0 spiro atoms. The summed E-state index contributed by atoms with van der Waals surface area (Å²) < 4.78 is 6.88. The molecular weight excluding hydrogens is 474 g/mol. The largest absolute Gasteiger partial charge is 0.450 e. The van der Waals surface area contributed by atoms with E-state index in [1.807, 2.05) is 73.8 Å². The van der Waals surface area contributed by atoms with E-state index in [2.05, 4.69) is 15.9 Å². The minimum Gasteiger partial charge on any atom is -0.450 e. The molecule has 0 bridgehead atoms. The third-order valence-electron chi connectivity index (χ3n) is 5.54. The molecule has 0 radical (unpaired) electrons. The number of fused-ring (bicyclic) bond motifs is 2. The molecule has 4 nitrogen and oxygen atoms in total. The summed E-state index contributed by atoms with van der Waals surface area (Å²) in [6.07, 6.45) is 2.01. The highest BCUT2D eigenvalue weighted by molar-refractivity contribution is 9.10. The molecule has 1 aliphatic heterocycles. The number of halogens is 1. The number of nitrogens with zero attached hydrogens (tertiary/aromatic N) is 1. The van der Waals surface area contributed by atoms with E-state index in [0.717, 1.165) is 20.5 Å². The van der Waals surface area contributed by atoms with Gasteiger partial charge in [-0.25, -0.2) is 0 Å². The van der Waals surface area contributed by atoms with E-state index in [4.69, 9.17) is 4.42 Å². The number of rotatable bonds is 3. The fourth-order valence-electron chi connectivity index (χ4n) is 4.08. The van der Waals surface area contributed by atoms with Crippen molar-refractivity contribution in [2.24, 2.45) is 0 Å². The first-order chi connectivity index (χ1) is 15.0. The maximum Gasteiger partial charge on any atom is 0.295 e. The Hall–Kier alpha value is -2.83. The maximum absolute atomic E-state index is 13.6. The molecule has 2 heterocycles. The lowest BCUT2D eigenvalue weighted by Gasteiger charge is -2.25. The summed E-state index contributed by atoms with van der Waals surface area (Å²) in [5.74, 6) is -0.202. The van der Waals surface area contributed by atoms with Gasteiger partial charge in [-0.3, -0.25) is 14.5 Å². The summed E-state index contributed by atoms with van der Waals surface area (Å²) in [5, 5.41) is 0.494. The van der Waals surface area contributed by atoms with Crippen LogP contribution in [0.3, 0.4) is 0 Å². The first-order valence-electron chi connectivity index (χ1n) is 9.78. The van der Waals surface area contributed by atoms with E-state index in [1.54, 1.807) is 22.7 Å². The average molecular weight is 492 g/mol. The molecule has 0 saturated heterocycles. The van der Waals surface area contributed by atoms with Gasteiger partial charge in [-0.05, 0) is 61.2 Å². The number of carbonyl (C=O) groups excluding carboxylic acids is 1. The first-order valence-corrected chi connectivity index (χ1v) is 11.8. The molecule has 0 fully saturated rings. The molecule has 1 atom stereocenters. The number of hydrogen-bond acceptors (Lipinski definition) is 4. The van der Waals surface area contributed by atoms with Gasteiger partial charge >= 0.3 is 0 Å². The van der Waals surface area contributed by atoms with Crippen molar-refractivity contribution in [2.75, 3.05) is 11.2 Å². The summed E-state index contributed by atoms with van der Waals surface area (Å²) in [4.78, 5) is 29.9. The topological polar surface area (TPSA) is 50.5 Å². The molecule has 0 saturated carbocycles. The molecule has 4 aromatic rings. The molecule has 0 aliphatic carbocycles. The lowest BCUT2D eigenvalue weighted by molar-refractivity contribution is 0.0971. The fourth-order valence-corrected chi connectivity index (χ4v) is 4.88. The van der Waals surface area contributed by atoms with Gasteiger partial charge in [0.15, 0.2) is 5.43 Å². The van der Waals surface area contributed by atoms with Gasteiger partial charge in [0.25, 0.3) is 5.91 Å². The van der Waals surface area contributed by atoms with Crippen LogP contribution < -0.4 is 10.3 Å². The number of benzene rings is 3. The fraction of sp³-hybridized carbons (Fsp3) is 0.120. The minimum atomic E-state index is -0.561. The summed E-state index contributed by atoms with van der Waals surface area (Å²) in [6.45, 7) is 1.93. The van der Waals surface area contributed by atoms with Crippen molar-refractivity contribution in [3.8, 4) is 0 Å². The maximum atomic E-state index is 13.6. The van der Waals surface area contributed by atoms with Gasteiger partial charge in [0.05, 0.1) is 17.0 Å². The van der Waals surface area contributed by atoms with Gasteiger partial charge in [-0.15, -0.1) is 11.8 Å². The van der Waals surface area contributed by atoms with Crippen molar-refractivity contribution >= 4 is 50.3 Å². The Labute approximate surface area is 192 Å². The number of carbonyl (C=O) groups is 1. The van der Waals surface area contributed by atoms with Gasteiger partial charge in [0.2, 0.25) is 5.76 Å². The van der Waals surface area contributed by atoms with E-state index >= 15 is 0 Å². The van der Waals surface area contributed by atoms with Crippen LogP contribution in [0.1, 0.15) is 33.3 Å². The van der Waals surface area contributed by atoms with Crippen molar-refractivity contribution in [2.45, 2.75) is 17.9 Å². The van der Waals surface area contributed by atoms with Crippen LogP contribution in [-0.2, 0) is 0 Å². The summed E-state index contributed by atoms with van der Waals surface area (Å²) >= 11 is 5.14. The zero-order valence-electron chi connectivity index (χ0n) is 16.9. The van der Waals surface area contributed by atoms with E-state index < -0.39 is 6.04 Å². The second-order valence-corrected chi connectivity index (χ2v) is 9.30. The zero-order valence-corrected chi connectivity index (χ0v) is 19.3. The highest BCUT2D eigenvalue weighted by atomic mass is 79.9. The lowest BCUT2D eigenvalue weighted by atomic mass is 9.98. The normalized spacial score (nSPS) is 15.5. The molecule has 5 rings (SSSR count). The van der Waals surface area contributed by atoms with Crippen LogP contribution in [0.4, 0.5) is 5.69 Å². The molecule has 1 amide bonds. The van der Waals surface area contributed by atoms with E-state index in [-0.39, 0.29) is 17.1 Å². The van der Waals surface area contributed by atoms with Crippen LogP contribution in [0.2, 0.25) is 0 Å². The Kier molecular flexibility index (Phi) is 4.99. The Morgan fingerprint density at radius 1 is 1.00 bits per heavy atom. The van der Waals surface area contributed by atoms with Crippen LogP contribution in [0.25, 0.3) is 11.0 Å². The van der Waals surface area contributed by atoms with Crippen molar-refractivity contribution < 1.29 is 9.21 Å². The third-order valence-corrected chi connectivity index (χ3v) is 6.78. The zero-order chi connectivity index (χ0) is 21.7. The monoisotopic (exact) mass is 491 g/mol. The first kappa shape index (κ1) is 20.1. The van der Waals surface area contributed by atoms with Crippen LogP contribution in [-0.4, -0.2) is 12.2 Å². The Balaban J connectivity index is 1.80. The molecule has 0 N–H and O–H groups in total. The third kappa shape index (κ3) is 3.30. The van der Waals surface area contributed by atoms with Gasteiger partial charge in [-0.1, -0.05) is 45.8 Å². The summed E-state index contributed by atoms with van der Waals surface area (Å²) in [5.41, 5.74) is 3.18. The quantitative estimate of drug-likeness (QED) is 0.314. The van der Waals surface area contributed by atoms with Gasteiger partial charge in [0, 0.05) is 15.1 Å². The highest BCUT2D eigenvalue weighted by Crippen LogP contribution is 2.42. The van der Waals surface area contributed by atoms with Crippen LogP contribution >= 0.6 is 27.7 Å². The molecule has 1 aliphatic rings. The molecular formula is C25H18BrNO3S. The second kappa shape index (κ2) is 7.70. The van der Waals surface area contributed by atoms with Crippen molar-refractivity contribution in [1.29, 1.82) is 0 Å². The van der Waals surface area contributed by atoms with Crippen LogP contribution in [0, 0.1) is 6.92 Å². The van der Waals surface area contributed by atoms with Crippen molar-refractivity contribution in [3.63, 3.8) is 0 Å². The lowest BCUT2D eigenvalue weighted by Crippen LogP contribution is -2.29.